The van der Waals surface area contributed by atoms with Gasteiger partial charge in [0.25, 0.3) is 0 Å². The van der Waals surface area contributed by atoms with E-state index < -0.39 is 0 Å². The van der Waals surface area contributed by atoms with E-state index in [4.69, 9.17) is 20.9 Å². The predicted octanol–water partition coefficient (Wildman–Crippen LogP) is -0.212. The summed E-state index contributed by atoms with van der Waals surface area (Å²) < 4.78 is 11.5. The highest BCUT2D eigenvalue weighted by Gasteiger charge is 2.38. The van der Waals surface area contributed by atoms with Crippen molar-refractivity contribution >= 4 is 0 Å². The van der Waals surface area contributed by atoms with Crippen molar-refractivity contribution in [3.63, 3.8) is 0 Å². The van der Waals surface area contributed by atoms with Crippen LogP contribution in [0.15, 0.2) is 0 Å². The lowest BCUT2D eigenvalue weighted by atomic mass is 10.1. The van der Waals surface area contributed by atoms with Crippen LogP contribution in [0.4, 0.5) is 0 Å². The van der Waals surface area contributed by atoms with Gasteiger partial charge >= 0.3 is 0 Å². The third kappa shape index (κ3) is 4.52. The molecule has 1 rings (SSSR count). The molecule has 0 bridgehead atoms. The molecule has 0 spiro atoms. The average Bonchev–Trinajstić information content (AvgIpc) is 2.66. The van der Waals surface area contributed by atoms with Crippen LogP contribution in [0.25, 0.3) is 0 Å². The lowest BCUT2D eigenvalue weighted by molar-refractivity contribution is -0.0419. The summed E-state index contributed by atoms with van der Waals surface area (Å²) >= 11 is 0. The molecule has 5 nitrogen and oxygen atoms in total. The number of ether oxygens (including phenoxy) is 2. The van der Waals surface area contributed by atoms with Crippen molar-refractivity contribution in [2.75, 3.05) is 39.4 Å². The van der Waals surface area contributed by atoms with Crippen LogP contribution < -0.4 is 11.5 Å². The van der Waals surface area contributed by atoms with Crippen molar-refractivity contribution in [1.29, 1.82) is 0 Å². The molecule has 0 aromatic carbocycles. The molecule has 1 saturated heterocycles. The first-order valence-corrected chi connectivity index (χ1v) is 6.37. The molecule has 2 unspecified atom stereocenters. The standard InChI is InChI=1S/C12H27N3O2/c1-12(2,3)15-8-10(16-6-4-13)11(9-15)17-7-5-14/h10-11H,4-9,13-14H2,1-3H3. The first-order valence-electron chi connectivity index (χ1n) is 6.37. The Balaban J connectivity index is 2.52. The summed E-state index contributed by atoms with van der Waals surface area (Å²) in [7, 11) is 0. The molecule has 0 aromatic rings. The van der Waals surface area contributed by atoms with Crippen LogP contribution in [-0.4, -0.2) is 62.0 Å². The Morgan fingerprint density at radius 1 is 1.00 bits per heavy atom. The van der Waals surface area contributed by atoms with Crippen LogP contribution in [0.2, 0.25) is 0 Å². The van der Waals surface area contributed by atoms with Crippen LogP contribution in [0.3, 0.4) is 0 Å². The van der Waals surface area contributed by atoms with Crippen molar-refractivity contribution in [1.82, 2.24) is 4.90 Å². The zero-order valence-electron chi connectivity index (χ0n) is 11.3. The Hall–Kier alpha value is -0.200. The summed E-state index contributed by atoms with van der Waals surface area (Å²) in [5.74, 6) is 0. The summed E-state index contributed by atoms with van der Waals surface area (Å²) in [6, 6.07) is 0. The molecule has 0 saturated carbocycles. The molecule has 4 N–H and O–H groups in total. The zero-order chi connectivity index (χ0) is 12.9. The van der Waals surface area contributed by atoms with E-state index in [-0.39, 0.29) is 17.7 Å². The SMILES string of the molecule is CC(C)(C)N1CC(OCCN)C(OCCN)C1. The highest BCUT2D eigenvalue weighted by Crippen LogP contribution is 2.24. The normalized spacial score (nSPS) is 26.6. The van der Waals surface area contributed by atoms with E-state index >= 15 is 0 Å². The van der Waals surface area contributed by atoms with E-state index in [1.807, 2.05) is 0 Å². The van der Waals surface area contributed by atoms with Gasteiger partial charge in [-0.15, -0.1) is 0 Å². The van der Waals surface area contributed by atoms with Gasteiger partial charge in [0, 0.05) is 31.7 Å². The minimum absolute atomic E-state index is 0.115. The Kier molecular flexibility index (Phi) is 5.82. The van der Waals surface area contributed by atoms with Crippen molar-refractivity contribution < 1.29 is 9.47 Å². The Bertz CT molecular complexity index is 202. The minimum atomic E-state index is 0.115. The number of likely N-dealkylation sites (tertiary alicyclic amines) is 1. The van der Waals surface area contributed by atoms with Gasteiger partial charge in [-0.1, -0.05) is 0 Å². The molecular formula is C12H27N3O2. The molecule has 1 aliphatic rings. The summed E-state index contributed by atoms with van der Waals surface area (Å²) in [6.45, 7) is 10.7. The van der Waals surface area contributed by atoms with Gasteiger partial charge in [-0.2, -0.15) is 0 Å². The Morgan fingerprint density at radius 2 is 1.41 bits per heavy atom. The Labute approximate surface area is 104 Å². The molecular weight excluding hydrogens is 218 g/mol. The molecule has 102 valence electrons. The fraction of sp³-hybridized carbons (Fsp3) is 1.00. The first kappa shape index (κ1) is 14.9. The minimum Gasteiger partial charge on any atom is -0.373 e. The molecule has 0 radical (unpaired) electrons. The Morgan fingerprint density at radius 3 is 1.71 bits per heavy atom. The van der Waals surface area contributed by atoms with Crippen LogP contribution in [0.5, 0.6) is 0 Å². The molecule has 17 heavy (non-hydrogen) atoms. The third-order valence-corrected chi connectivity index (χ3v) is 3.06. The van der Waals surface area contributed by atoms with E-state index in [0.29, 0.717) is 26.3 Å². The number of nitrogens with two attached hydrogens (primary N) is 2. The lowest BCUT2D eigenvalue weighted by Crippen LogP contribution is -2.40. The fourth-order valence-corrected chi connectivity index (χ4v) is 2.05. The van der Waals surface area contributed by atoms with E-state index in [0.717, 1.165) is 13.1 Å². The van der Waals surface area contributed by atoms with Gasteiger partial charge in [0.15, 0.2) is 0 Å². The maximum Gasteiger partial charge on any atom is 0.0976 e. The molecule has 5 heteroatoms. The summed E-state index contributed by atoms with van der Waals surface area (Å²) in [5.41, 5.74) is 11.1. The number of rotatable bonds is 6. The molecule has 0 aliphatic carbocycles. The van der Waals surface area contributed by atoms with Gasteiger partial charge in [-0.3, -0.25) is 4.90 Å². The summed E-state index contributed by atoms with van der Waals surface area (Å²) in [5, 5.41) is 0. The van der Waals surface area contributed by atoms with Gasteiger partial charge in [-0.25, -0.2) is 0 Å². The quantitative estimate of drug-likeness (QED) is 0.677. The van der Waals surface area contributed by atoms with E-state index in [9.17, 15) is 0 Å². The van der Waals surface area contributed by atoms with Crippen molar-refractivity contribution in [3.8, 4) is 0 Å². The van der Waals surface area contributed by atoms with Crippen LogP contribution in [-0.2, 0) is 9.47 Å². The van der Waals surface area contributed by atoms with Crippen molar-refractivity contribution in [2.24, 2.45) is 11.5 Å². The summed E-state index contributed by atoms with van der Waals surface area (Å²) in [4.78, 5) is 2.38. The maximum absolute atomic E-state index is 5.75. The highest BCUT2D eigenvalue weighted by atomic mass is 16.5. The molecule has 2 atom stereocenters. The number of nitrogens with zero attached hydrogens (tertiary/aromatic N) is 1. The molecule has 1 aliphatic heterocycles. The number of hydrogen-bond acceptors (Lipinski definition) is 5. The lowest BCUT2D eigenvalue weighted by Gasteiger charge is -2.31. The zero-order valence-corrected chi connectivity index (χ0v) is 11.3. The van der Waals surface area contributed by atoms with E-state index in [1.54, 1.807) is 0 Å². The first-order chi connectivity index (χ1) is 7.99. The fourth-order valence-electron chi connectivity index (χ4n) is 2.05. The molecule has 0 aromatic heterocycles. The molecule has 1 heterocycles. The van der Waals surface area contributed by atoms with Gasteiger partial charge in [0.1, 0.15) is 0 Å². The summed E-state index contributed by atoms with van der Waals surface area (Å²) in [6.07, 6.45) is 0.230. The smallest absolute Gasteiger partial charge is 0.0976 e. The monoisotopic (exact) mass is 245 g/mol. The van der Waals surface area contributed by atoms with Crippen LogP contribution in [0, 0.1) is 0 Å². The second-order valence-corrected chi connectivity index (χ2v) is 5.47. The largest absolute Gasteiger partial charge is 0.373 e. The van der Waals surface area contributed by atoms with Crippen LogP contribution in [0.1, 0.15) is 20.8 Å². The van der Waals surface area contributed by atoms with E-state index in [1.165, 1.54) is 0 Å². The van der Waals surface area contributed by atoms with Gasteiger partial charge in [0.05, 0.1) is 25.4 Å². The molecule has 0 amide bonds. The molecule has 1 fully saturated rings. The van der Waals surface area contributed by atoms with Crippen LogP contribution >= 0.6 is 0 Å². The van der Waals surface area contributed by atoms with Crippen molar-refractivity contribution in [2.45, 2.75) is 38.5 Å². The van der Waals surface area contributed by atoms with Crippen molar-refractivity contribution in [3.05, 3.63) is 0 Å². The van der Waals surface area contributed by atoms with E-state index in [2.05, 4.69) is 25.7 Å². The topological polar surface area (TPSA) is 73.7 Å². The predicted molar refractivity (Wildman–Crippen MR) is 68.9 cm³/mol. The second-order valence-electron chi connectivity index (χ2n) is 5.47. The second kappa shape index (κ2) is 6.66. The van der Waals surface area contributed by atoms with Gasteiger partial charge in [-0.05, 0) is 20.8 Å². The van der Waals surface area contributed by atoms with Gasteiger partial charge in [0.2, 0.25) is 0 Å². The van der Waals surface area contributed by atoms with Gasteiger partial charge < -0.3 is 20.9 Å². The average molecular weight is 245 g/mol. The highest BCUT2D eigenvalue weighted by molar-refractivity contribution is 4.92. The third-order valence-electron chi connectivity index (χ3n) is 3.06. The number of hydrogen-bond donors (Lipinski definition) is 2. The maximum atomic E-state index is 5.75.